The number of carbonyl (C=O) groups excluding carboxylic acids is 2. The highest BCUT2D eigenvalue weighted by Gasteiger charge is 2.37. The van der Waals surface area contributed by atoms with Crippen LogP contribution in [-0.2, 0) is 9.53 Å². The second-order valence-electron chi connectivity index (χ2n) is 8.90. The average Bonchev–Trinajstić information content (AvgIpc) is 3.60. The second kappa shape index (κ2) is 9.07. The number of nitrogens with one attached hydrogen (secondary N) is 2. The molecular weight excluding hydrogens is 467 g/mol. The number of imidazole rings is 1. The summed E-state index contributed by atoms with van der Waals surface area (Å²) in [5.74, 6) is 0.592. The quantitative estimate of drug-likeness (QED) is 0.406. The number of alkyl carbamates (subject to hydrolysis) is 1. The molecule has 0 spiro atoms. The molecule has 1 aromatic carbocycles. The number of amides is 2. The van der Waals surface area contributed by atoms with Gasteiger partial charge in [-0.25, -0.2) is 9.78 Å². The maximum absolute atomic E-state index is 13.4. The normalized spacial score (nSPS) is 17.1. The van der Waals surface area contributed by atoms with Crippen LogP contribution in [0.2, 0.25) is 0 Å². The van der Waals surface area contributed by atoms with Crippen LogP contribution in [0.3, 0.4) is 0 Å². The van der Waals surface area contributed by atoms with Crippen LogP contribution in [0.25, 0.3) is 31.6 Å². The zero-order chi connectivity index (χ0) is 24.0. The van der Waals surface area contributed by atoms with E-state index < -0.39 is 12.1 Å². The number of thiophene rings is 2. The standard InChI is InChI=1S/C24H25BN4O3S2/c1-12(2)19(28-24(31)32-3)23(30)29-8-4-5-18(29)22-26-16-7-6-13(9-17(16)27-22)14-10-33-21-15(25)11-34-20(14)21/h6-7,9-12,18-19H,4-5,8H2,1-3H3,(H,26,27)(H,28,31)/t18-,19-/m0/s1. The molecule has 1 aliphatic heterocycles. The number of benzene rings is 1. The molecule has 0 saturated carbocycles. The van der Waals surface area contributed by atoms with Crippen molar-refractivity contribution in [2.24, 2.45) is 5.92 Å². The molecule has 2 atom stereocenters. The van der Waals surface area contributed by atoms with Crippen LogP contribution in [-0.4, -0.2) is 54.4 Å². The minimum Gasteiger partial charge on any atom is -0.453 e. The monoisotopic (exact) mass is 492 g/mol. The van der Waals surface area contributed by atoms with Crippen LogP contribution >= 0.6 is 22.7 Å². The number of aromatic nitrogens is 2. The molecule has 10 heteroatoms. The van der Waals surface area contributed by atoms with E-state index in [0.717, 1.165) is 45.4 Å². The third-order valence-corrected chi connectivity index (χ3v) is 8.56. The van der Waals surface area contributed by atoms with Crippen molar-refractivity contribution in [3.63, 3.8) is 0 Å². The Bertz CT molecular complexity index is 1380. The maximum atomic E-state index is 13.4. The fourth-order valence-electron chi connectivity index (χ4n) is 4.59. The molecule has 2 amide bonds. The number of carbonyl (C=O) groups is 2. The van der Waals surface area contributed by atoms with Gasteiger partial charge in [0.1, 0.15) is 19.7 Å². The fourth-order valence-corrected chi connectivity index (χ4v) is 6.82. The van der Waals surface area contributed by atoms with Gasteiger partial charge in [-0.3, -0.25) is 4.79 Å². The number of aromatic amines is 1. The summed E-state index contributed by atoms with van der Waals surface area (Å²) in [7, 11) is 7.38. The van der Waals surface area contributed by atoms with Crippen LogP contribution < -0.4 is 10.8 Å². The summed E-state index contributed by atoms with van der Waals surface area (Å²) in [4.78, 5) is 35.3. The third-order valence-electron chi connectivity index (χ3n) is 6.37. The molecular formula is C24H25BN4O3S2. The summed E-state index contributed by atoms with van der Waals surface area (Å²) < 4.78 is 7.05. The van der Waals surface area contributed by atoms with Gasteiger partial charge >= 0.3 is 6.09 Å². The van der Waals surface area contributed by atoms with E-state index in [1.165, 1.54) is 17.4 Å². The number of rotatable bonds is 5. The first-order valence-electron chi connectivity index (χ1n) is 11.3. The van der Waals surface area contributed by atoms with Crippen molar-refractivity contribution in [2.45, 2.75) is 38.8 Å². The summed E-state index contributed by atoms with van der Waals surface area (Å²) in [6, 6.07) is 5.40. The van der Waals surface area contributed by atoms with E-state index in [1.807, 2.05) is 30.2 Å². The van der Waals surface area contributed by atoms with E-state index in [9.17, 15) is 9.59 Å². The Morgan fingerprint density at radius 2 is 2.06 bits per heavy atom. The van der Waals surface area contributed by atoms with Crippen molar-refractivity contribution < 1.29 is 14.3 Å². The molecule has 0 aliphatic carbocycles. The zero-order valence-electron chi connectivity index (χ0n) is 19.3. The van der Waals surface area contributed by atoms with Crippen molar-refractivity contribution in [3.05, 3.63) is 34.8 Å². The van der Waals surface area contributed by atoms with Crippen molar-refractivity contribution in [2.75, 3.05) is 13.7 Å². The molecule has 5 rings (SSSR count). The Balaban J connectivity index is 1.44. The van der Waals surface area contributed by atoms with E-state index in [2.05, 4.69) is 27.8 Å². The largest absolute Gasteiger partial charge is 0.453 e. The van der Waals surface area contributed by atoms with Gasteiger partial charge in [0.25, 0.3) is 0 Å². The lowest BCUT2D eigenvalue weighted by atomic mass is 9.99. The first kappa shape index (κ1) is 22.9. The number of hydrogen-bond acceptors (Lipinski definition) is 6. The maximum Gasteiger partial charge on any atom is 0.407 e. The van der Waals surface area contributed by atoms with Crippen molar-refractivity contribution in [1.29, 1.82) is 0 Å². The number of ether oxygens (including phenoxy) is 1. The lowest BCUT2D eigenvalue weighted by molar-refractivity contribution is -0.135. The van der Waals surface area contributed by atoms with Crippen molar-refractivity contribution >= 4 is 68.4 Å². The van der Waals surface area contributed by atoms with E-state index in [0.29, 0.717) is 6.54 Å². The van der Waals surface area contributed by atoms with Crippen molar-refractivity contribution in [1.82, 2.24) is 20.2 Å². The van der Waals surface area contributed by atoms with Gasteiger partial charge in [0.2, 0.25) is 5.91 Å². The Hall–Kier alpha value is -2.85. The lowest BCUT2D eigenvalue weighted by Gasteiger charge is -2.29. The highest BCUT2D eigenvalue weighted by Crippen LogP contribution is 2.38. The van der Waals surface area contributed by atoms with Crippen LogP contribution in [0, 0.1) is 5.92 Å². The van der Waals surface area contributed by atoms with Gasteiger partial charge in [-0.15, -0.1) is 22.7 Å². The molecule has 7 nitrogen and oxygen atoms in total. The topological polar surface area (TPSA) is 87.3 Å². The minimum absolute atomic E-state index is 0.0696. The highest BCUT2D eigenvalue weighted by atomic mass is 32.1. The van der Waals surface area contributed by atoms with Gasteiger partial charge in [-0.1, -0.05) is 25.4 Å². The van der Waals surface area contributed by atoms with E-state index in [1.54, 1.807) is 22.7 Å². The predicted molar refractivity (Wildman–Crippen MR) is 138 cm³/mol. The van der Waals surface area contributed by atoms with E-state index in [-0.39, 0.29) is 17.9 Å². The van der Waals surface area contributed by atoms with Crippen LogP contribution in [0.15, 0.2) is 29.0 Å². The Morgan fingerprint density at radius 1 is 1.26 bits per heavy atom. The SMILES string of the molecule is [B]c1csc2c(-c3ccc4nc([C@@H]5CCCN5C(=O)[C@@H](NC(=O)OC)C(C)C)[nH]c4c3)csc12. The molecule has 4 heterocycles. The minimum atomic E-state index is -0.650. The van der Waals surface area contributed by atoms with Gasteiger partial charge in [-0.2, -0.15) is 0 Å². The highest BCUT2D eigenvalue weighted by molar-refractivity contribution is 7.28. The summed E-state index contributed by atoms with van der Waals surface area (Å²) in [5, 5.41) is 6.83. The van der Waals surface area contributed by atoms with Gasteiger partial charge in [0.05, 0.1) is 28.9 Å². The molecule has 2 radical (unpaired) electrons. The predicted octanol–water partition coefficient (Wildman–Crippen LogP) is 4.34. The lowest BCUT2D eigenvalue weighted by Crippen LogP contribution is -2.51. The summed E-state index contributed by atoms with van der Waals surface area (Å²) >= 11 is 3.33. The number of hydrogen-bond donors (Lipinski definition) is 2. The number of H-pyrrole nitrogens is 1. The van der Waals surface area contributed by atoms with Crippen LogP contribution in [0.5, 0.6) is 0 Å². The van der Waals surface area contributed by atoms with Crippen molar-refractivity contribution in [3.8, 4) is 11.1 Å². The van der Waals surface area contributed by atoms with Gasteiger partial charge in [0, 0.05) is 22.2 Å². The Kier molecular flexibility index (Phi) is 6.12. The number of likely N-dealkylation sites (tertiary alicyclic amines) is 1. The molecule has 0 bridgehead atoms. The number of methoxy groups -OCH3 is 1. The summed E-state index contributed by atoms with van der Waals surface area (Å²) in [6.45, 7) is 4.45. The zero-order valence-corrected chi connectivity index (χ0v) is 20.9. The number of fused-ring (bicyclic) bond motifs is 2. The number of nitrogens with zero attached hydrogens (tertiary/aromatic N) is 2. The molecule has 4 aromatic rings. The summed E-state index contributed by atoms with van der Waals surface area (Å²) in [6.07, 6.45) is 1.10. The second-order valence-corrected chi connectivity index (χ2v) is 10.7. The molecule has 174 valence electrons. The third kappa shape index (κ3) is 3.98. The first-order chi connectivity index (χ1) is 16.4. The fraction of sp³-hybridized carbons (Fsp3) is 0.375. The average molecular weight is 492 g/mol. The van der Waals surface area contributed by atoms with Crippen LogP contribution in [0.4, 0.5) is 4.79 Å². The van der Waals surface area contributed by atoms with E-state index in [4.69, 9.17) is 17.6 Å². The molecule has 0 unspecified atom stereocenters. The van der Waals surface area contributed by atoms with Crippen LogP contribution in [0.1, 0.15) is 38.6 Å². The molecule has 2 N–H and O–H groups in total. The Labute approximate surface area is 206 Å². The molecule has 1 fully saturated rings. The molecule has 1 aliphatic rings. The molecule has 3 aromatic heterocycles. The molecule has 1 saturated heterocycles. The smallest absolute Gasteiger partial charge is 0.407 e. The van der Waals surface area contributed by atoms with E-state index >= 15 is 0 Å². The van der Waals surface area contributed by atoms with Gasteiger partial charge < -0.3 is 19.9 Å². The first-order valence-corrected chi connectivity index (χ1v) is 13.0. The van der Waals surface area contributed by atoms with Gasteiger partial charge in [-0.05, 0) is 41.8 Å². The van der Waals surface area contributed by atoms with Gasteiger partial charge in [0.15, 0.2) is 0 Å². The molecule has 34 heavy (non-hydrogen) atoms. The Morgan fingerprint density at radius 3 is 2.82 bits per heavy atom. The summed E-state index contributed by atoms with van der Waals surface area (Å²) in [5.41, 5.74) is 4.91.